The van der Waals surface area contributed by atoms with E-state index in [-0.39, 0.29) is 11.9 Å². The Morgan fingerprint density at radius 2 is 2.18 bits per heavy atom. The van der Waals surface area contributed by atoms with E-state index in [2.05, 4.69) is 23.8 Å². The van der Waals surface area contributed by atoms with Crippen molar-refractivity contribution in [2.75, 3.05) is 19.7 Å². The van der Waals surface area contributed by atoms with Gasteiger partial charge >= 0.3 is 0 Å². The second kappa shape index (κ2) is 6.10. The maximum atomic E-state index is 9.64. The van der Waals surface area contributed by atoms with Gasteiger partial charge in [-0.2, -0.15) is 5.10 Å². The molecular formula is C17H23N3O2. The number of aromatic hydroxyl groups is 1. The molecule has 1 aliphatic heterocycles. The molecule has 3 rings (SSSR count). The van der Waals surface area contributed by atoms with Crippen molar-refractivity contribution in [3.8, 4) is 5.75 Å². The van der Waals surface area contributed by atoms with E-state index >= 15 is 0 Å². The van der Waals surface area contributed by atoms with Crippen molar-refractivity contribution in [2.24, 2.45) is 7.05 Å². The molecule has 0 radical (unpaired) electrons. The minimum atomic E-state index is 0.0122. The summed E-state index contributed by atoms with van der Waals surface area (Å²) in [6.45, 7) is 7.53. The van der Waals surface area contributed by atoms with Crippen LogP contribution < -0.4 is 0 Å². The van der Waals surface area contributed by atoms with Gasteiger partial charge in [-0.1, -0.05) is 12.1 Å². The van der Waals surface area contributed by atoms with E-state index in [4.69, 9.17) is 4.74 Å². The lowest BCUT2D eigenvalue weighted by Gasteiger charge is -2.33. The largest absolute Gasteiger partial charge is 0.508 e. The number of morpholine rings is 1. The van der Waals surface area contributed by atoms with Gasteiger partial charge < -0.3 is 9.84 Å². The number of aryl methyl sites for hydroxylation is 2. The predicted molar refractivity (Wildman–Crippen MR) is 84.8 cm³/mol. The van der Waals surface area contributed by atoms with Crippen LogP contribution in [0, 0.1) is 13.8 Å². The first kappa shape index (κ1) is 15.1. The van der Waals surface area contributed by atoms with Gasteiger partial charge in [-0.25, -0.2) is 0 Å². The summed E-state index contributed by atoms with van der Waals surface area (Å²) in [5, 5.41) is 14.1. The van der Waals surface area contributed by atoms with E-state index in [0.717, 1.165) is 30.9 Å². The number of aromatic nitrogens is 2. The van der Waals surface area contributed by atoms with Gasteiger partial charge in [0.15, 0.2) is 0 Å². The zero-order chi connectivity index (χ0) is 15.7. The van der Waals surface area contributed by atoms with Crippen LogP contribution in [0.25, 0.3) is 0 Å². The fraction of sp³-hybridized carbons (Fsp3) is 0.471. The Hall–Kier alpha value is -1.85. The Bertz CT molecular complexity index is 666. The molecule has 1 aromatic heterocycles. The molecule has 22 heavy (non-hydrogen) atoms. The van der Waals surface area contributed by atoms with Gasteiger partial charge in [0.2, 0.25) is 0 Å². The molecule has 0 spiro atoms. The van der Waals surface area contributed by atoms with E-state index in [1.807, 2.05) is 23.9 Å². The van der Waals surface area contributed by atoms with E-state index in [9.17, 15) is 5.11 Å². The Morgan fingerprint density at radius 1 is 1.36 bits per heavy atom. The summed E-state index contributed by atoms with van der Waals surface area (Å²) in [7, 11) is 1.99. The van der Waals surface area contributed by atoms with Crippen LogP contribution in [0.4, 0.5) is 0 Å². The molecule has 5 heteroatoms. The van der Waals surface area contributed by atoms with Crippen LogP contribution >= 0.6 is 0 Å². The van der Waals surface area contributed by atoms with E-state index in [1.54, 1.807) is 12.1 Å². The van der Waals surface area contributed by atoms with Gasteiger partial charge in [0.1, 0.15) is 5.75 Å². The summed E-state index contributed by atoms with van der Waals surface area (Å²) in [6.07, 6.45) is 0.0122. The average Bonchev–Trinajstić information content (AvgIpc) is 2.74. The third kappa shape index (κ3) is 3.00. The average molecular weight is 301 g/mol. The Balaban J connectivity index is 1.73. The lowest BCUT2D eigenvalue weighted by atomic mass is 10.1. The quantitative estimate of drug-likeness (QED) is 0.945. The molecule has 5 nitrogen and oxygen atoms in total. The summed E-state index contributed by atoms with van der Waals surface area (Å²) in [4.78, 5) is 2.40. The zero-order valence-corrected chi connectivity index (χ0v) is 13.4. The van der Waals surface area contributed by atoms with Crippen molar-refractivity contribution in [1.82, 2.24) is 14.7 Å². The fourth-order valence-electron chi connectivity index (χ4n) is 3.04. The first-order valence-corrected chi connectivity index (χ1v) is 7.66. The lowest BCUT2D eigenvalue weighted by Crippen LogP contribution is -2.38. The molecule has 0 saturated carbocycles. The molecule has 1 aromatic carbocycles. The van der Waals surface area contributed by atoms with Crippen LogP contribution in [0.3, 0.4) is 0 Å². The number of ether oxygens (including phenoxy) is 1. The Labute approximate surface area is 131 Å². The molecule has 2 aromatic rings. The number of phenolic OH excluding ortho intramolecular Hbond substituents is 1. The molecule has 0 bridgehead atoms. The minimum Gasteiger partial charge on any atom is -0.508 e. The van der Waals surface area contributed by atoms with Crippen LogP contribution in [-0.2, 0) is 18.3 Å². The van der Waals surface area contributed by atoms with Gasteiger partial charge in [0, 0.05) is 37.9 Å². The lowest BCUT2D eigenvalue weighted by molar-refractivity contribution is -0.0331. The van der Waals surface area contributed by atoms with Crippen LogP contribution in [0.2, 0.25) is 0 Å². The Morgan fingerprint density at radius 3 is 2.86 bits per heavy atom. The maximum Gasteiger partial charge on any atom is 0.115 e. The molecule has 1 saturated heterocycles. The first-order chi connectivity index (χ1) is 10.5. The van der Waals surface area contributed by atoms with Crippen LogP contribution in [0.15, 0.2) is 24.3 Å². The normalized spacial score (nSPS) is 19.5. The zero-order valence-electron chi connectivity index (χ0n) is 13.4. The highest BCUT2D eigenvalue weighted by molar-refractivity contribution is 5.29. The van der Waals surface area contributed by atoms with Gasteiger partial charge in [-0.3, -0.25) is 9.58 Å². The molecule has 2 heterocycles. The predicted octanol–water partition coefficient (Wildman–Crippen LogP) is 2.32. The highest BCUT2D eigenvalue weighted by Crippen LogP contribution is 2.26. The van der Waals surface area contributed by atoms with E-state index < -0.39 is 0 Å². The Kier molecular flexibility index (Phi) is 4.18. The molecule has 0 amide bonds. The van der Waals surface area contributed by atoms with Crippen molar-refractivity contribution < 1.29 is 9.84 Å². The number of nitrogens with zero attached hydrogens (tertiary/aromatic N) is 3. The molecular weight excluding hydrogens is 278 g/mol. The van der Waals surface area contributed by atoms with Crippen LogP contribution in [0.5, 0.6) is 5.75 Å². The second-order valence-electron chi connectivity index (χ2n) is 5.96. The van der Waals surface area contributed by atoms with Crippen LogP contribution in [0.1, 0.15) is 28.6 Å². The van der Waals surface area contributed by atoms with Crippen molar-refractivity contribution in [2.45, 2.75) is 26.5 Å². The van der Waals surface area contributed by atoms with Gasteiger partial charge in [0.25, 0.3) is 0 Å². The number of phenols is 1. The molecule has 1 aliphatic rings. The first-order valence-electron chi connectivity index (χ1n) is 7.66. The maximum absolute atomic E-state index is 9.64. The monoisotopic (exact) mass is 301 g/mol. The fourth-order valence-corrected chi connectivity index (χ4v) is 3.04. The van der Waals surface area contributed by atoms with Crippen molar-refractivity contribution in [1.29, 1.82) is 0 Å². The number of benzene rings is 1. The minimum absolute atomic E-state index is 0.0122. The van der Waals surface area contributed by atoms with E-state index in [1.165, 1.54) is 11.3 Å². The molecule has 118 valence electrons. The molecule has 1 fully saturated rings. The number of rotatable bonds is 3. The second-order valence-corrected chi connectivity index (χ2v) is 5.96. The van der Waals surface area contributed by atoms with Gasteiger partial charge in [0.05, 0.1) is 18.4 Å². The highest BCUT2D eigenvalue weighted by atomic mass is 16.5. The van der Waals surface area contributed by atoms with Gasteiger partial charge in [-0.15, -0.1) is 0 Å². The van der Waals surface area contributed by atoms with E-state index in [0.29, 0.717) is 6.61 Å². The third-order valence-electron chi connectivity index (χ3n) is 4.43. The summed E-state index contributed by atoms with van der Waals surface area (Å²) < 4.78 is 7.82. The van der Waals surface area contributed by atoms with Gasteiger partial charge in [-0.05, 0) is 31.5 Å². The summed E-state index contributed by atoms with van der Waals surface area (Å²) in [5.74, 6) is 0.289. The molecule has 1 unspecified atom stereocenters. The summed E-state index contributed by atoms with van der Waals surface area (Å²) in [6, 6.07) is 7.35. The number of hydrogen-bond acceptors (Lipinski definition) is 4. The topological polar surface area (TPSA) is 50.5 Å². The standard InChI is InChI=1S/C17H23N3O2/c1-12-16(13(2)19(3)18-12)10-20-7-8-22-17(11-20)14-5-4-6-15(21)9-14/h4-6,9,17,21H,7-8,10-11H2,1-3H3. The van der Waals surface area contributed by atoms with Crippen molar-refractivity contribution >= 4 is 0 Å². The van der Waals surface area contributed by atoms with Crippen molar-refractivity contribution in [3.05, 3.63) is 46.8 Å². The summed E-state index contributed by atoms with van der Waals surface area (Å²) in [5.41, 5.74) is 4.65. The molecule has 1 N–H and O–H groups in total. The molecule has 1 atom stereocenters. The molecule has 0 aliphatic carbocycles. The van der Waals surface area contributed by atoms with Crippen molar-refractivity contribution in [3.63, 3.8) is 0 Å². The third-order valence-corrected chi connectivity index (χ3v) is 4.43. The summed E-state index contributed by atoms with van der Waals surface area (Å²) >= 11 is 0. The SMILES string of the molecule is Cc1nn(C)c(C)c1CN1CCOC(c2cccc(O)c2)C1. The van der Waals surface area contributed by atoms with Crippen LogP contribution in [-0.4, -0.2) is 39.5 Å². The smallest absolute Gasteiger partial charge is 0.115 e. The number of hydrogen-bond donors (Lipinski definition) is 1. The highest BCUT2D eigenvalue weighted by Gasteiger charge is 2.24.